The molecule has 1 aliphatic rings. The van der Waals surface area contributed by atoms with Crippen LogP contribution in [0.15, 0.2) is 69.9 Å². The molecule has 0 aliphatic carbocycles. The zero-order valence-electron chi connectivity index (χ0n) is 17.6. The van der Waals surface area contributed by atoms with Crippen LogP contribution >= 0.6 is 0 Å². The van der Waals surface area contributed by atoms with Gasteiger partial charge in [-0.2, -0.15) is 0 Å². The van der Waals surface area contributed by atoms with Crippen molar-refractivity contribution in [2.75, 3.05) is 0 Å². The Labute approximate surface area is 183 Å². The van der Waals surface area contributed by atoms with Crippen molar-refractivity contribution in [3.8, 4) is 5.75 Å². The number of rotatable bonds is 3. The number of carbonyl (C=O) groups excluding carboxylic acids is 1. The normalized spacial score (nSPS) is 15.4. The number of fused-ring (bicyclic) bond motifs is 2. The van der Waals surface area contributed by atoms with Crippen LogP contribution in [0.3, 0.4) is 0 Å². The van der Waals surface area contributed by atoms with Gasteiger partial charge in [-0.25, -0.2) is 4.39 Å². The van der Waals surface area contributed by atoms with Gasteiger partial charge in [0.25, 0.3) is 5.91 Å². The number of nitrogens with zero attached hydrogens (tertiary/aromatic N) is 1. The van der Waals surface area contributed by atoms with Gasteiger partial charge in [-0.15, -0.1) is 0 Å². The van der Waals surface area contributed by atoms with Crippen LogP contribution in [-0.4, -0.2) is 15.9 Å². The molecule has 32 heavy (non-hydrogen) atoms. The summed E-state index contributed by atoms with van der Waals surface area (Å²) in [6, 6.07) is 15.3. The number of hydrogen-bond donors (Lipinski definition) is 1. The van der Waals surface area contributed by atoms with Crippen molar-refractivity contribution >= 4 is 16.9 Å². The molecule has 4 aromatic rings. The van der Waals surface area contributed by atoms with E-state index in [1.807, 2.05) is 19.9 Å². The third-order valence-electron chi connectivity index (χ3n) is 5.86. The van der Waals surface area contributed by atoms with Crippen LogP contribution in [0.5, 0.6) is 5.75 Å². The zero-order valence-corrected chi connectivity index (χ0v) is 17.6. The minimum Gasteiger partial charge on any atom is -0.508 e. The van der Waals surface area contributed by atoms with Crippen LogP contribution in [0.1, 0.15) is 44.4 Å². The maximum atomic E-state index is 13.7. The molecule has 0 spiro atoms. The van der Waals surface area contributed by atoms with Gasteiger partial charge in [0.15, 0.2) is 5.43 Å². The molecule has 0 bridgehead atoms. The highest BCUT2D eigenvalue weighted by atomic mass is 19.1. The molecule has 1 aromatic heterocycles. The number of carbonyl (C=O) groups is 1. The molecule has 5 rings (SSSR count). The zero-order chi connectivity index (χ0) is 22.6. The largest absolute Gasteiger partial charge is 0.508 e. The fraction of sp³-hybridized carbons (Fsp3) is 0.154. The van der Waals surface area contributed by atoms with Crippen LogP contribution in [0.25, 0.3) is 11.0 Å². The van der Waals surface area contributed by atoms with E-state index in [0.717, 1.165) is 11.1 Å². The molecule has 1 N–H and O–H groups in total. The Morgan fingerprint density at radius 3 is 2.50 bits per heavy atom. The van der Waals surface area contributed by atoms with E-state index in [4.69, 9.17) is 4.42 Å². The molecule has 6 heteroatoms. The van der Waals surface area contributed by atoms with Gasteiger partial charge in [0.2, 0.25) is 5.76 Å². The summed E-state index contributed by atoms with van der Waals surface area (Å²) >= 11 is 0. The van der Waals surface area contributed by atoms with E-state index in [2.05, 4.69) is 0 Å². The van der Waals surface area contributed by atoms with E-state index in [-0.39, 0.29) is 34.9 Å². The first-order valence-electron chi connectivity index (χ1n) is 10.3. The maximum Gasteiger partial charge on any atom is 0.291 e. The van der Waals surface area contributed by atoms with Gasteiger partial charge in [0.1, 0.15) is 17.1 Å². The third kappa shape index (κ3) is 3.15. The van der Waals surface area contributed by atoms with E-state index in [9.17, 15) is 19.1 Å². The smallest absolute Gasteiger partial charge is 0.291 e. The van der Waals surface area contributed by atoms with E-state index in [0.29, 0.717) is 22.1 Å². The fourth-order valence-corrected chi connectivity index (χ4v) is 4.50. The lowest BCUT2D eigenvalue weighted by Crippen LogP contribution is -2.29. The highest BCUT2D eigenvalue weighted by molar-refractivity contribution is 5.99. The van der Waals surface area contributed by atoms with Crippen LogP contribution in [0.4, 0.5) is 4.39 Å². The highest BCUT2D eigenvalue weighted by Crippen LogP contribution is 2.40. The van der Waals surface area contributed by atoms with Crippen molar-refractivity contribution in [1.82, 2.24) is 4.90 Å². The topological polar surface area (TPSA) is 70.8 Å². The SMILES string of the molecule is Cc1cc(C)c2c(=O)c3c(oc2c1)C(=O)N(Cc1ccc(F)cc1)[C@@H]3c1cccc(O)c1. The predicted octanol–water partition coefficient (Wildman–Crippen LogP) is 5.00. The summed E-state index contributed by atoms with van der Waals surface area (Å²) in [6.45, 7) is 3.89. The Kier molecular flexibility index (Phi) is 4.59. The standard InChI is InChI=1S/C26H20FNO4/c1-14-10-15(2)21-20(11-14)32-25-22(24(21)30)23(17-4-3-5-19(29)12-17)28(26(25)31)13-16-6-8-18(27)9-7-16/h3-12,23,29H,13H2,1-2H3/t23-/m1/s1. The highest BCUT2D eigenvalue weighted by Gasteiger charge is 2.43. The first-order valence-corrected chi connectivity index (χ1v) is 10.3. The molecule has 0 radical (unpaired) electrons. The van der Waals surface area contributed by atoms with E-state index in [1.165, 1.54) is 29.2 Å². The molecule has 2 heterocycles. The Bertz CT molecular complexity index is 1440. The molecule has 1 aliphatic heterocycles. The summed E-state index contributed by atoms with van der Waals surface area (Å²) in [4.78, 5) is 28.6. The summed E-state index contributed by atoms with van der Waals surface area (Å²) in [5, 5.41) is 10.5. The van der Waals surface area contributed by atoms with Gasteiger partial charge in [0, 0.05) is 6.54 Å². The second kappa shape index (κ2) is 7.34. The molecule has 0 fully saturated rings. The van der Waals surface area contributed by atoms with Gasteiger partial charge in [-0.3, -0.25) is 9.59 Å². The van der Waals surface area contributed by atoms with Crippen LogP contribution in [0, 0.1) is 19.7 Å². The number of aryl methyl sites for hydroxylation is 2. The second-order valence-electron chi connectivity index (χ2n) is 8.19. The quantitative estimate of drug-likeness (QED) is 0.498. The van der Waals surface area contributed by atoms with Gasteiger partial charge in [-0.1, -0.05) is 30.3 Å². The molecule has 1 amide bonds. The average molecular weight is 429 g/mol. The fourth-order valence-electron chi connectivity index (χ4n) is 4.50. The molecule has 0 unspecified atom stereocenters. The van der Waals surface area contributed by atoms with Crippen molar-refractivity contribution in [3.63, 3.8) is 0 Å². The first-order chi connectivity index (χ1) is 15.3. The minimum atomic E-state index is -0.740. The molecular formula is C26H20FNO4. The van der Waals surface area contributed by atoms with Crippen molar-refractivity contribution in [1.29, 1.82) is 0 Å². The Balaban J connectivity index is 1.75. The summed E-state index contributed by atoms with van der Waals surface area (Å²) in [6.07, 6.45) is 0. The first kappa shape index (κ1) is 20.0. The van der Waals surface area contributed by atoms with Crippen molar-refractivity contribution in [2.24, 2.45) is 0 Å². The summed E-state index contributed by atoms with van der Waals surface area (Å²) in [7, 11) is 0. The second-order valence-corrected chi connectivity index (χ2v) is 8.19. The molecular weight excluding hydrogens is 409 g/mol. The number of phenolic OH excluding ortho intramolecular Hbond substituents is 1. The Morgan fingerprint density at radius 2 is 1.78 bits per heavy atom. The molecule has 3 aromatic carbocycles. The lowest BCUT2D eigenvalue weighted by molar-refractivity contribution is 0.0714. The maximum absolute atomic E-state index is 13.7. The van der Waals surface area contributed by atoms with E-state index in [1.54, 1.807) is 30.3 Å². The van der Waals surface area contributed by atoms with Gasteiger partial charge in [-0.05, 0) is 66.4 Å². The van der Waals surface area contributed by atoms with E-state index >= 15 is 0 Å². The lowest BCUT2D eigenvalue weighted by Gasteiger charge is -2.25. The molecule has 5 nitrogen and oxygen atoms in total. The minimum absolute atomic E-state index is 0.00274. The molecule has 0 saturated heterocycles. The summed E-state index contributed by atoms with van der Waals surface area (Å²) in [5.41, 5.74) is 3.37. The average Bonchev–Trinajstić information content (AvgIpc) is 3.01. The van der Waals surface area contributed by atoms with E-state index < -0.39 is 11.9 Å². The van der Waals surface area contributed by atoms with Gasteiger partial charge < -0.3 is 14.4 Å². The number of aromatic hydroxyl groups is 1. The molecule has 1 atom stereocenters. The lowest BCUT2D eigenvalue weighted by atomic mass is 9.96. The Hall–Kier alpha value is -3.93. The van der Waals surface area contributed by atoms with Crippen LogP contribution in [0.2, 0.25) is 0 Å². The van der Waals surface area contributed by atoms with Crippen molar-refractivity contribution < 1.29 is 18.7 Å². The summed E-state index contributed by atoms with van der Waals surface area (Å²) < 4.78 is 19.4. The molecule has 160 valence electrons. The third-order valence-corrected chi connectivity index (χ3v) is 5.86. The number of hydrogen-bond acceptors (Lipinski definition) is 4. The predicted molar refractivity (Wildman–Crippen MR) is 118 cm³/mol. The summed E-state index contributed by atoms with van der Waals surface area (Å²) in [5.74, 6) is -0.760. The van der Waals surface area contributed by atoms with Gasteiger partial charge in [0.05, 0.1) is 17.0 Å². The van der Waals surface area contributed by atoms with Crippen molar-refractivity contribution in [2.45, 2.75) is 26.4 Å². The van der Waals surface area contributed by atoms with Gasteiger partial charge >= 0.3 is 0 Å². The number of halogens is 1. The van der Waals surface area contributed by atoms with Crippen LogP contribution in [-0.2, 0) is 6.54 Å². The number of phenols is 1. The number of benzene rings is 3. The number of amides is 1. The Morgan fingerprint density at radius 1 is 1.03 bits per heavy atom. The van der Waals surface area contributed by atoms with Crippen LogP contribution < -0.4 is 5.43 Å². The molecule has 0 saturated carbocycles. The monoisotopic (exact) mass is 429 g/mol. The van der Waals surface area contributed by atoms with Crippen molar-refractivity contribution in [3.05, 3.63) is 110 Å².